The van der Waals surface area contributed by atoms with E-state index in [1.54, 1.807) is 0 Å². The summed E-state index contributed by atoms with van der Waals surface area (Å²) in [6.45, 7) is 0.633. The zero-order chi connectivity index (χ0) is 8.20. The van der Waals surface area contributed by atoms with Gasteiger partial charge in [-0.2, -0.15) is 5.26 Å². The van der Waals surface area contributed by atoms with Gasteiger partial charge in [0.05, 0.1) is 33.6 Å². The van der Waals surface area contributed by atoms with E-state index in [4.69, 9.17) is 10.4 Å². The molecule has 0 aromatic carbocycles. The van der Waals surface area contributed by atoms with Gasteiger partial charge < -0.3 is 22.0 Å². The normalized spacial score (nSPS) is 13.0. The second-order valence-corrected chi connectivity index (χ2v) is 3.49. The van der Waals surface area contributed by atoms with Crippen LogP contribution in [0.4, 0.5) is 0 Å². The minimum absolute atomic E-state index is 0. The molecular weight excluding hydrogens is 164 g/mol. The topological polar surface area (TPSA) is 44.0 Å². The van der Waals surface area contributed by atoms with E-state index in [1.165, 1.54) is 0 Å². The largest absolute Gasteiger partial charge is 1.00 e. The third-order valence-corrected chi connectivity index (χ3v) is 1.09. The van der Waals surface area contributed by atoms with Crippen molar-refractivity contribution in [3.63, 3.8) is 0 Å². The summed E-state index contributed by atoms with van der Waals surface area (Å²) < 4.78 is 0.697. The second-order valence-electron chi connectivity index (χ2n) is 3.49. The van der Waals surface area contributed by atoms with Crippen LogP contribution in [0, 0.1) is 11.3 Å². The van der Waals surface area contributed by atoms with Gasteiger partial charge in [0, 0.05) is 0 Å². The van der Waals surface area contributed by atoms with Gasteiger partial charge in [0.1, 0.15) is 12.6 Å². The Bertz CT molecular complexity index is 136. The molecular formula is C7H15ClN2O. The van der Waals surface area contributed by atoms with Gasteiger partial charge in [-0.3, -0.25) is 0 Å². The van der Waals surface area contributed by atoms with Crippen molar-refractivity contribution in [2.75, 3.05) is 27.7 Å². The van der Waals surface area contributed by atoms with E-state index in [1.807, 2.05) is 27.2 Å². The molecule has 0 spiro atoms. The molecule has 1 N–H and O–H groups in total. The minimum atomic E-state index is -0.481. The predicted molar refractivity (Wildman–Crippen MR) is 39.1 cm³/mol. The van der Waals surface area contributed by atoms with Crippen molar-refractivity contribution >= 4 is 0 Å². The third kappa shape index (κ3) is 9.70. The van der Waals surface area contributed by atoms with Crippen LogP contribution >= 0.6 is 0 Å². The molecule has 0 aliphatic heterocycles. The molecule has 0 saturated heterocycles. The second kappa shape index (κ2) is 5.36. The number of rotatable bonds is 3. The molecule has 0 aromatic heterocycles. The number of halogens is 1. The standard InChI is InChI=1S/C7H15N2O.ClH/c1-9(2,3)6-7(10)4-5-8;/h7,10H,4,6H2,1-3H3;1H/q+1;/p-1/t7-;/m0./s1. The Hall–Kier alpha value is -0.300. The van der Waals surface area contributed by atoms with Crippen molar-refractivity contribution in [3.8, 4) is 6.07 Å². The van der Waals surface area contributed by atoms with Gasteiger partial charge >= 0.3 is 0 Å². The Morgan fingerprint density at radius 2 is 1.91 bits per heavy atom. The highest BCUT2D eigenvalue weighted by molar-refractivity contribution is 4.74. The lowest BCUT2D eigenvalue weighted by Gasteiger charge is -2.25. The van der Waals surface area contributed by atoms with Crippen LogP contribution in [0.3, 0.4) is 0 Å². The summed E-state index contributed by atoms with van der Waals surface area (Å²) in [6.07, 6.45) is -0.250. The zero-order valence-corrected chi connectivity index (χ0v) is 7.97. The number of hydrogen-bond acceptors (Lipinski definition) is 2. The van der Waals surface area contributed by atoms with Crippen LogP contribution in [-0.2, 0) is 0 Å². The molecule has 0 amide bonds. The summed E-state index contributed by atoms with van der Waals surface area (Å²) in [7, 11) is 5.96. The number of aliphatic hydroxyl groups excluding tert-OH is 1. The Balaban J connectivity index is 0. The van der Waals surface area contributed by atoms with E-state index < -0.39 is 6.10 Å². The van der Waals surface area contributed by atoms with Gasteiger partial charge in [-0.1, -0.05) is 0 Å². The summed E-state index contributed by atoms with van der Waals surface area (Å²) in [5, 5.41) is 17.4. The Labute approximate surface area is 74.2 Å². The van der Waals surface area contributed by atoms with Gasteiger partial charge in [0.2, 0.25) is 0 Å². The first-order valence-electron chi connectivity index (χ1n) is 3.31. The maximum atomic E-state index is 9.15. The fourth-order valence-corrected chi connectivity index (χ4v) is 0.802. The van der Waals surface area contributed by atoms with Gasteiger partial charge in [-0.05, 0) is 0 Å². The summed E-state index contributed by atoms with van der Waals surface area (Å²) in [6, 6.07) is 1.93. The van der Waals surface area contributed by atoms with E-state index in [0.717, 1.165) is 0 Å². The SMILES string of the molecule is C[N+](C)(C)C[C@@H](O)CC#N.[Cl-]. The van der Waals surface area contributed by atoms with E-state index in [2.05, 4.69) is 0 Å². The van der Waals surface area contributed by atoms with Crippen LogP contribution < -0.4 is 12.4 Å². The lowest BCUT2D eigenvalue weighted by molar-refractivity contribution is -0.873. The van der Waals surface area contributed by atoms with Crippen LogP contribution in [-0.4, -0.2) is 43.4 Å². The van der Waals surface area contributed by atoms with Gasteiger partial charge in [0.25, 0.3) is 0 Å². The maximum absolute atomic E-state index is 9.15. The van der Waals surface area contributed by atoms with Gasteiger partial charge in [-0.15, -0.1) is 0 Å². The lowest BCUT2D eigenvalue weighted by atomic mass is 10.2. The van der Waals surface area contributed by atoms with Crippen molar-refractivity contribution in [2.24, 2.45) is 0 Å². The Morgan fingerprint density at radius 1 is 1.45 bits per heavy atom. The molecule has 0 radical (unpaired) electrons. The van der Waals surface area contributed by atoms with Crippen LogP contribution in [0.15, 0.2) is 0 Å². The lowest BCUT2D eigenvalue weighted by Crippen LogP contribution is -3.00. The van der Waals surface area contributed by atoms with Crippen molar-refractivity contribution in [2.45, 2.75) is 12.5 Å². The molecule has 0 aliphatic carbocycles. The van der Waals surface area contributed by atoms with Crippen LogP contribution in [0.1, 0.15) is 6.42 Å². The highest BCUT2D eigenvalue weighted by atomic mass is 35.5. The summed E-state index contributed by atoms with van der Waals surface area (Å²) >= 11 is 0. The third-order valence-electron chi connectivity index (χ3n) is 1.09. The van der Waals surface area contributed by atoms with Crippen LogP contribution in [0.5, 0.6) is 0 Å². The molecule has 0 aromatic rings. The molecule has 66 valence electrons. The maximum Gasteiger partial charge on any atom is 0.116 e. The smallest absolute Gasteiger partial charge is 0.116 e. The zero-order valence-electron chi connectivity index (χ0n) is 7.21. The van der Waals surface area contributed by atoms with Gasteiger partial charge in [-0.25, -0.2) is 0 Å². The van der Waals surface area contributed by atoms with Crippen molar-refractivity contribution in [1.82, 2.24) is 0 Å². The van der Waals surface area contributed by atoms with E-state index in [9.17, 15) is 0 Å². The summed E-state index contributed by atoms with van der Waals surface area (Å²) in [5.74, 6) is 0. The molecule has 0 rings (SSSR count). The fourth-order valence-electron chi connectivity index (χ4n) is 0.802. The number of likely N-dealkylation sites (N-methyl/N-ethyl adjacent to an activating group) is 1. The first-order chi connectivity index (χ1) is 4.45. The molecule has 3 nitrogen and oxygen atoms in total. The first kappa shape index (κ1) is 13.3. The molecule has 0 heterocycles. The van der Waals surface area contributed by atoms with Crippen LogP contribution in [0.25, 0.3) is 0 Å². The van der Waals surface area contributed by atoms with E-state index in [-0.39, 0.29) is 18.8 Å². The summed E-state index contributed by atoms with van der Waals surface area (Å²) in [5.41, 5.74) is 0. The molecule has 0 fully saturated rings. The molecule has 0 unspecified atom stereocenters. The molecule has 1 atom stereocenters. The van der Waals surface area contributed by atoms with E-state index >= 15 is 0 Å². The first-order valence-corrected chi connectivity index (χ1v) is 3.31. The van der Waals surface area contributed by atoms with Crippen molar-refractivity contribution in [3.05, 3.63) is 0 Å². The van der Waals surface area contributed by atoms with E-state index in [0.29, 0.717) is 11.0 Å². The quantitative estimate of drug-likeness (QED) is 0.468. The average molecular weight is 179 g/mol. The van der Waals surface area contributed by atoms with Gasteiger partial charge in [0.15, 0.2) is 0 Å². The highest BCUT2D eigenvalue weighted by Gasteiger charge is 2.14. The highest BCUT2D eigenvalue weighted by Crippen LogP contribution is 1.97. The predicted octanol–water partition coefficient (Wildman–Crippen LogP) is -3.03. The fraction of sp³-hybridized carbons (Fsp3) is 0.857. The molecule has 11 heavy (non-hydrogen) atoms. The number of hydrogen-bond donors (Lipinski definition) is 1. The summed E-state index contributed by atoms with van der Waals surface area (Å²) in [4.78, 5) is 0. The minimum Gasteiger partial charge on any atom is -1.00 e. The number of quaternary nitrogens is 1. The number of nitrogens with zero attached hydrogens (tertiary/aromatic N) is 2. The molecule has 0 saturated carbocycles. The Kier molecular flexibility index (Phi) is 6.49. The molecule has 4 heteroatoms. The number of nitriles is 1. The van der Waals surface area contributed by atoms with Crippen LogP contribution in [0.2, 0.25) is 0 Å². The molecule has 0 aliphatic rings. The monoisotopic (exact) mass is 178 g/mol. The van der Waals surface area contributed by atoms with Crippen molar-refractivity contribution in [1.29, 1.82) is 5.26 Å². The van der Waals surface area contributed by atoms with Crippen molar-refractivity contribution < 1.29 is 22.0 Å². The Morgan fingerprint density at radius 3 is 2.18 bits per heavy atom. The molecule has 0 bridgehead atoms. The number of aliphatic hydroxyl groups is 1. The average Bonchev–Trinajstić information content (AvgIpc) is 1.59.